The smallest absolute Gasteiger partial charge is 0.0780 e. The second-order valence-electron chi connectivity index (χ2n) is 9.93. The molecule has 0 bridgehead atoms. The maximum Gasteiger partial charge on any atom is 0.0780 e. The molecule has 0 N–H and O–H groups in total. The Hall–Kier alpha value is -3.19. The molecular formula is C31H31N. The van der Waals surface area contributed by atoms with Gasteiger partial charge >= 0.3 is 0 Å². The molecule has 0 radical (unpaired) electrons. The molecule has 1 heteroatoms. The van der Waals surface area contributed by atoms with Crippen LogP contribution in [-0.2, 0) is 12.8 Å². The Kier molecular flexibility index (Phi) is 5.43. The number of pyridine rings is 1. The number of hydrogen-bond donors (Lipinski definition) is 0. The largest absolute Gasteiger partial charge is 0.256 e. The van der Waals surface area contributed by atoms with Crippen molar-refractivity contribution in [2.24, 2.45) is 11.8 Å². The Bertz CT molecular complexity index is 1410. The summed E-state index contributed by atoms with van der Waals surface area (Å²) in [5.74, 6) is 1.33. The molecule has 0 saturated heterocycles. The molecule has 0 aliphatic rings. The molecule has 0 spiro atoms. The standard InChI is InChI=1S/C31H31N/c1-20(2)17-22-5-8-24(9-6-22)31-30-14-13-27-26-11-7-23(18-21(3)4)19-25(26)10-12-28(27)29(30)15-16-32-31/h5-16,19-21H,17-18H2,1-4H3. The van der Waals surface area contributed by atoms with E-state index in [9.17, 15) is 0 Å². The third-order valence-electron chi connectivity index (χ3n) is 6.34. The average molecular weight is 418 g/mol. The zero-order valence-electron chi connectivity index (χ0n) is 19.5. The van der Waals surface area contributed by atoms with Crippen LogP contribution in [0.5, 0.6) is 0 Å². The lowest BCUT2D eigenvalue weighted by Crippen LogP contribution is -1.94. The van der Waals surface area contributed by atoms with Gasteiger partial charge in [-0.05, 0) is 68.8 Å². The van der Waals surface area contributed by atoms with Gasteiger partial charge in [-0.25, -0.2) is 0 Å². The molecule has 0 saturated carbocycles. The first-order valence-corrected chi connectivity index (χ1v) is 11.8. The van der Waals surface area contributed by atoms with Gasteiger partial charge in [0.15, 0.2) is 0 Å². The first-order valence-electron chi connectivity index (χ1n) is 11.8. The normalized spacial score (nSPS) is 11.9. The van der Waals surface area contributed by atoms with Crippen molar-refractivity contribution >= 4 is 32.3 Å². The highest BCUT2D eigenvalue weighted by atomic mass is 14.7. The third kappa shape index (κ3) is 3.88. The lowest BCUT2D eigenvalue weighted by atomic mass is 9.93. The first kappa shape index (κ1) is 20.7. The highest BCUT2D eigenvalue weighted by Crippen LogP contribution is 2.35. The average Bonchev–Trinajstić information content (AvgIpc) is 2.78. The minimum absolute atomic E-state index is 0.666. The quantitative estimate of drug-likeness (QED) is 0.261. The molecule has 0 aliphatic carbocycles. The number of hydrogen-bond acceptors (Lipinski definition) is 1. The Morgan fingerprint density at radius 2 is 1.12 bits per heavy atom. The summed E-state index contributed by atoms with van der Waals surface area (Å²) in [5.41, 5.74) is 5.05. The summed E-state index contributed by atoms with van der Waals surface area (Å²) < 4.78 is 0. The van der Waals surface area contributed by atoms with Crippen LogP contribution in [0, 0.1) is 11.8 Å². The van der Waals surface area contributed by atoms with E-state index in [1.165, 1.54) is 49.0 Å². The van der Waals surface area contributed by atoms with Gasteiger partial charge in [0.2, 0.25) is 0 Å². The number of aromatic nitrogens is 1. The van der Waals surface area contributed by atoms with E-state index in [1.807, 2.05) is 6.20 Å². The van der Waals surface area contributed by atoms with E-state index in [1.54, 1.807) is 0 Å². The van der Waals surface area contributed by atoms with E-state index < -0.39 is 0 Å². The van der Waals surface area contributed by atoms with E-state index in [0.717, 1.165) is 18.5 Å². The second kappa shape index (κ2) is 8.39. The van der Waals surface area contributed by atoms with Crippen molar-refractivity contribution in [2.45, 2.75) is 40.5 Å². The van der Waals surface area contributed by atoms with Crippen molar-refractivity contribution in [1.29, 1.82) is 0 Å². The Balaban J connectivity index is 1.63. The van der Waals surface area contributed by atoms with Gasteiger partial charge in [-0.1, -0.05) is 94.4 Å². The number of rotatable bonds is 5. The van der Waals surface area contributed by atoms with Crippen LogP contribution in [0.1, 0.15) is 38.8 Å². The first-order chi connectivity index (χ1) is 15.5. The van der Waals surface area contributed by atoms with Crippen LogP contribution < -0.4 is 0 Å². The monoisotopic (exact) mass is 417 g/mol. The van der Waals surface area contributed by atoms with Gasteiger partial charge in [-0.3, -0.25) is 4.98 Å². The lowest BCUT2D eigenvalue weighted by molar-refractivity contribution is 0.647. The van der Waals surface area contributed by atoms with Gasteiger partial charge in [-0.15, -0.1) is 0 Å². The zero-order chi connectivity index (χ0) is 22.2. The fourth-order valence-electron chi connectivity index (χ4n) is 4.96. The number of fused-ring (bicyclic) bond motifs is 5. The fourth-order valence-corrected chi connectivity index (χ4v) is 4.96. The number of nitrogens with zero attached hydrogens (tertiary/aromatic N) is 1. The van der Waals surface area contributed by atoms with Crippen LogP contribution in [0.15, 0.2) is 79.0 Å². The summed E-state index contributed by atoms with van der Waals surface area (Å²) >= 11 is 0. The molecule has 0 atom stereocenters. The van der Waals surface area contributed by atoms with E-state index >= 15 is 0 Å². The molecule has 1 aromatic heterocycles. The molecule has 4 aromatic carbocycles. The SMILES string of the molecule is CC(C)Cc1ccc(-c2nccc3c2ccc2c4ccc(CC(C)C)cc4ccc32)cc1. The number of benzene rings is 4. The van der Waals surface area contributed by atoms with Crippen molar-refractivity contribution in [3.05, 3.63) is 90.1 Å². The highest BCUT2D eigenvalue weighted by Gasteiger charge is 2.11. The van der Waals surface area contributed by atoms with E-state index in [-0.39, 0.29) is 0 Å². The van der Waals surface area contributed by atoms with Crippen LogP contribution in [0.3, 0.4) is 0 Å². The Morgan fingerprint density at radius 1 is 0.562 bits per heavy atom. The van der Waals surface area contributed by atoms with E-state index in [2.05, 4.69) is 100 Å². The molecule has 0 fully saturated rings. The molecule has 5 aromatic rings. The van der Waals surface area contributed by atoms with Gasteiger partial charge in [-0.2, -0.15) is 0 Å². The van der Waals surface area contributed by atoms with Crippen LogP contribution in [-0.4, -0.2) is 4.98 Å². The third-order valence-corrected chi connectivity index (χ3v) is 6.34. The topological polar surface area (TPSA) is 12.9 Å². The molecule has 1 nitrogen and oxygen atoms in total. The summed E-state index contributed by atoms with van der Waals surface area (Å²) in [6, 6.07) is 27.2. The van der Waals surface area contributed by atoms with Crippen molar-refractivity contribution in [3.63, 3.8) is 0 Å². The molecule has 1 heterocycles. The minimum atomic E-state index is 0.666. The van der Waals surface area contributed by atoms with Crippen LogP contribution in [0.2, 0.25) is 0 Å². The van der Waals surface area contributed by atoms with Crippen LogP contribution in [0.25, 0.3) is 43.6 Å². The fraction of sp³-hybridized carbons (Fsp3) is 0.258. The van der Waals surface area contributed by atoms with Gasteiger partial charge in [0.25, 0.3) is 0 Å². The molecular weight excluding hydrogens is 386 g/mol. The van der Waals surface area contributed by atoms with Crippen molar-refractivity contribution < 1.29 is 0 Å². The van der Waals surface area contributed by atoms with Crippen molar-refractivity contribution in [2.75, 3.05) is 0 Å². The molecule has 32 heavy (non-hydrogen) atoms. The predicted octanol–water partition coefficient (Wildman–Crippen LogP) is 8.61. The highest BCUT2D eigenvalue weighted by molar-refractivity contribution is 6.18. The predicted molar refractivity (Wildman–Crippen MR) is 139 cm³/mol. The summed E-state index contributed by atoms with van der Waals surface area (Å²) in [4.78, 5) is 4.78. The van der Waals surface area contributed by atoms with Gasteiger partial charge in [0.05, 0.1) is 5.69 Å². The Morgan fingerprint density at radius 3 is 1.88 bits per heavy atom. The van der Waals surface area contributed by atoms with E-state index in [4.69, 9.17) is 4.98 Å². The maximum absolute atomic E-state index is 4.78. The zero-order valence-corrected chi connectivity index (χ0v) is 19.5. The lowest BCUT2D eigenvalue weighted by Gasteiger charge is -2.12. The Labute approximate surface area is 191 Å². The van der Waals surface area contributed by atoms with Crippen LogP contribution in [0.4, 0.5) is 0 Å². The molecule has 5 rings (SSSR count). The molecule has 160 valence electrons. The summed E-state index contributed by atoms with van der Waals surface area (Å²) in [6.07, 6.45) is 4.19. The summed E-state index contributed by atoms with van der Waals surface area (Å²) in [7, 11) is 0. The summed E-state index contributed by atoms with van der Waals surface area (Å²) in [6.45, 7) is 9.08. The van der Waals surface area contributed by atoms with E-state index in [0.29, 0.717) is 11.8 Å². The van der Waals surface area contributed by atoms with Gasteiger partial charge in [0.1, 0.15) is 0 Å². The molecule has 0 aliphatic heterocycles. The molecule has 0 unspecified atom stereocenters. The maximum atomic E-state index is 4.78. The molecule has 0 amide bonds. The van der Waals surface area contributed by atoms with Crippen LogP contribution >= 0.6 is 0 Å². The van der Waals surface area contributed by atoms with Crippen molar-refractivity contribution in [3.8, 4) is 11.3 Å². The van der Waals surface area contributed by atoms with Crippen molar-refractivity contribution in [1.82, 2.24) is 4.98 Å². The second-order valence-corrected chi connectivity index (χ2v) is 9.93. The summed E-state index contributed by atoms with van der Waals surface area (Å²) in [5, 5.41) is 7.75. The van der Waals surface area contributed by atoms with Gasteiger partial charge < -0.3 is 0 Å². The van der Waals surface area contributed by atoms with Gasteiger partial charge in [0, 0.05) is 17.1 Å². The minimum Gasteiger partial charge on any atom is -0.256 e.